The number of nitrogens with one attached hydrogen (secondary N) is 1. The lowest BCUT2D eigenvalue weighted by atomic mass is 10.1. The molecule has 0 fully saturated rings. The summed E-state index contributed by atoms with van der Waals surface area (Å²) in [5, 5.41) is 2.84. The van der Waals surface area contributed by atoms with Gasteiger partial charge >= 0.3 is 0 Å². The molecule has 6 heteroatoms. The Labute approximate surface area is 148 Å². The fraction of sp³-hybridized carbons (Fsp3) is 0.222. The van der Waals surface area contributed by atoms with E-state index < -0.39 is 12.1 Å². The topological polar surface area (TPSA) is 58.6 Å². The van der Waals surface area contributed by atoms with Crippen molar-refractivity contribution in [2.75, 3.05) is 10.2 Å². The minimum absolute atomic E-state index is 0.229. The zero-order valence-electron chi connectivity index (χ0n) is 13.3. The van der Waals surface area contributed by atoms with Gasteiger partial charge in [-0.3, -0.25) is 14.5 Å². The van der Waals surface area contributed by atoms with Crippen molar-refractivity contribution < 1.29 is 14.3 Å². The Bertz CT molecular complexity index is 776. The number of halogens is 1. The van der Waals surface area contributed by atoms with E-state index in [9.17, 15) is 9.59 Å². The average Bonchev–Trinajstić information content (AvgIpc) is 2.57. The van der Waals surface area contributed by atoms with Gasteiger partial charge in [-0.15, -0.1) is 0 Å². The number of benzene rings is 2. The lowest BCUT2D eigenvalue weighted by Gasteiger charge is -2.36. The molecule has 0 spiro atoms. The maximum Gasteiger partial charge on any atom is 0.268 e. The molecule has 0 saturated heterocycles. The molecular formula is C18H17BrN2O3. The van der Waals surface area contributed by atoms with Gasteiger partial charge in [0.05, 0.1) is 5.69 Å². The number of fused-ring (bicyclic) bond motifs is 1. The fourth-order valence-electron chi connectivity index (χ4n) is 2.61. The number of anilines is 2. The molecule has 1 heterocycles. The molecule has 1 N–H and O–H groups in total. The van der Waals surface area contributed by atoms with Gasteiger partial charge < -0.3 is 10.1 Å². The Kier molecular flexibility index (Phi) is 4.57. The average molecular weight is 389 g/mol. The third kappa shape index (κ3) is 3.14. The molecule has 0 saturated carbocycles. The van der Waals surface area contributed by atoms with E-state index in [1.165, 1.54) is 4.90 Å². The van der Waals surface area contributed by atoms with Crippen LogP contribution in [-0.2, 0) is 9.59 Å². The zero-order chi connectivity index (χ0) is 17.3. The first-order valence-electron chi connectivity index (χ1n) is 7.62. The second-order valence-electron chi connectivity index (χ2n) is 5.61. The minimum atomic E-state index is -0.659. The number of rotatable bonds is 3. The van der Waals surface area contributed by atoms with Crippen molar-refractivity contribution in [3.63, 3.8) is 0 Å². The molecule has 2 aromatic rings. The molecule has 2 unspecified atom stereocenters. The van der Waals surface area contributed by atoms with E-state index in [1.54, 1.807) is 38.1 Å². The summed E-state index contributed by atoms with van der Waals surface area (Å²) < 4.78 is 6.54. The monoisotopic (exact) mass is 388 g/mol. The fourth-order valence-corrected chi connectivity index (χ4v) is 2.87. The molecular weight excluding hydrogens is 372 g/mol. The largest absolute Gasteiger partial charge is 0.479 e. The molecule has 0 bridgehead atoms. The molecule has 5 nitrogen and oxygen atoms in total. The summed E-state index contributed by atoms with van der Waals surface area (Å²) in [4.78, 5) is 26.6. The summed E-state index contributed by atoms with van der Waals surface area (Å²) >= 11 is 3.36. The Morgan fingerprint density at radius 2 is 1.88 bits per heavy atom. The second-order valence-corrected chi connectivity index (χ2v) is 6.52. The highest BCUT2D eigenvalue weighted by atomic mass is 79.9. The summed E-state index contributed by atoms with van der Waals surface area (Å²) in [7, 11) is 0. The van der Waals surface area contributed by atoms with E-state index >= 15 is 0 Å². The van der Waals surface area contributed by atoms with Crippen LogP contribution >= 0.6 is 15.9 Å². The third-order valence-corrected chi connectivity index (χ3v) is 4.42. The summed E-state index contributed by atoms with van der Waals surface area (Å²) in [5.74, 6) is 0.120. The van der Waals surface area contributed by atoms with E-state index in [1.807, 2.05) is 24.3 Å². The molecule has 2 aromatic carbocycles. The van der Waals surface area contributed by atoms with Gasteiger partial charge in [-0.1, -0.05) is 28.1 Å². The van der Waals surface area contributed by atoms with E-state index in [-0.39, 0.29) is 11.8 Å². The van der Waals surface area contributed by atoms with Crippen LogP contribution in [-0.4, -0.2) is 24.0 Å². The van der Waals surface area contributed by atoms with Crippen LogP contribution in [0, 0.1) is 0 Å². The number of amides is 2. The van der Waals surface area contributed by atoms with Gasteiger partial charge in [0.25, 0.3) is 5.91 Å². The standard InChI is InChI=1S/C18H17BrN2O3/c1-11(17(22)20-14-9-7-13(19)8-10-14)21-15-5-3-4-6-16(15)24-12(2)18(21)23/h3-12H,1-2H3,(H,20,22). The van der Waals surface area contributed by atoms with Gasteiger partial charge in [-0.25, -0.2) is 0 Å². The highest BCUT2D eigenvalue weighted by molar-refractivity contribution is 9.10. The maximum absolute atomic E-state index is 12.6. The highest BCUT2D eigenvalue weighted by Crippen LogP contribution is 2.35. The van der Waals surface area contributed by atoms with Crippen molar-refractivity contribution in [3.8, 4) is 5.75 Å². The summed E-state index contributed by atoms with van der Waals surface area (Å²) in [5.41, 5.74) is 1.29. The summed E-state index contributed by atoms with van der Waals surface area (Å²) in [6.45, 7) is 3.39. The van der Waals surface area contributed by atoms with E-state index in [4.69, 9.17) is 4.74 Å². The van der Waals surface area contributed by atoms with Gasteiger partial charge in [0, 0.05) is 10.2 Å². The second kappa shape index (κ2) is 6.65. The van der Waals surface area contributed by atoms with Crippen molar-refractivity contribution in [2.24, 2.45) is 0 Å². The Balaban J connectivity index is 1.85. The van der Waals surface area contributed by atoms with E-state index in [2.05, 4.69) is 21.2 Å². The molecule has 1 aliphatic heterocycles. The molecule has 0 aromatic heterocycles. The summed E-state index contributed by atoms with van der Waals surface area (Å²) in [6.07, 6.45) is -0.622. The molecule has 2 atom stereocenters. The molecule has 124 valence electrons. The lowest BCUT2D eigenvalue weighted by Crippen LogP contribution is -2.52. The van der Waals surface area contributed by atoms with Gasteiger partial charge in [-0.2, -0.15) is 0 Å². The quantitative estimate of drug-likeness (QED) is 0.873. The van der Waals surface area contributed by atoms with Crippen molar-refractivity contribution in [1.29, 1.82) is 0 Å². The van der Waals surface area contributed by atoms with Crippen LogP contribution in [0.3, 0.4) is 0 Å². The van der Waals surface area contributed by atoms with Crippen molar-refractivity contribution in [1.82, 2.24) is 0 Å². The Hall–Kier alpha value is -2.34. The van der Waals surface area contributed by atoms with Crippen molar-refractivity contribution >= 4 is 39.1 Å². The number of ether oxygens (including phenoxy) is 1. The van der Waals surface area contributed by atoms with Crippen molar-refractivity contribution in [3.05, 3.63) is 53.0 Å². The first kappa shape index (κ1) is 16.5. The predicted octanol–water partition coefficient (Wildman–Crippen LogP) is 3.59. The number of hydrogen-bond acceptors (Lipinski definition) is 3. The van der Waals surface area contributed by atoms with Crippen LogP contribution in [0.25, 0.3) is 0 Å². The third-order valence-electron chi connectivity index (χ3n) is 3.89. The van der Waals surface area contributed by atoms with Crippen molar-refractivity contribution in [2.45, 2.75) is 26.0 Å². The van der Waals surface area contributed by atoms with Crippen LogP contribution in [0.1, 0.15) is 13.8 Å². The van der Waals surface area contributed by atoms with Crippen LogP contribution < -0.4 is 15.0 Å². The predicted molar refractivity (Wildman–Crippen MR) is 96.3 cm³/mol. The molecule has 24 heavy (non-hydrogen) atoms. The van der Waals surface area contributed by atoms with E-state index in [0.717, 1.165) is 4.47 Å². The minimum Gasteiger partial charge on any atom is -0.479 e. The van der Waals surface area contributed by atoms with Gasteiger partial charge in [0.2, 0.25) is 5.91 Å². The summed E-state index contributed by atoms with van der Waals surface area (Å²) in [6, 6.07) is 13.9. The van der Waals surface area contributed by atoms with Gasteiger partial charge in [-0.05, 0) is 50.2 Å². The van der Waals surface area contributed by atoms with Gasteiger partial charge in [0.15, 0.2) is 6.10 Å². The van der Waals surface area contributed by atoms with Crippen LogP contribution in [0.4, 0.5) is 11.4 Å². The highest BCUT2D eigenvalue weighted by Gasteiger charge is 2.36. The number of carbonyl (C=O) groups excluding carboxylic acids is 2. The SMILES string of the molecule is CC1Oc2ccccc2N(C(C)C(=O)Nc2ccc(Br)cc2)C1=O. The first-order valence-corrected chi connectivity index (χ1v) is 8.42. The zero-order valence-corrected chi connectivity index (χ0v) is 14.9. The Morgan fingerprint density at radius 1 is 1.21 bits per heavy atom. The van der Waals surface area contributed by atoms with Crippen LogP contribution in [0.15, 0.2) is 53.0 Å². The number of hydrogen-bond donors (Lipinski definition) is 1. The van der Waals surface area contributed by atoms with Gasteiger partial charge in [0.1, 0.15) is 11.8 Å². The van der Waals surface area contributed by atoms with E-state index in [0.29, 0.717) is 17.1 Å². The van der Waals surface area contributed by atoms with Crippen LogP contribution in [0.2, 0.25) is 0 Å². The number of nitrogens with zero attached hydrogens (tertiary/aromatic N) is 1. The number of carbonyl (C=O) groups is 2. The normalized spacial score (nSPS) is 17.7. The molecule has 2 amide bonds. The lowest BCUT2D eigenvalue weighted by molar-refractivity contribution is -0.128. The molecule has 3 rings (SSSR count). The first-order chi connectivity index (χ1) is 11.5. The number of para-hydroxylation sites is 2. The Morgan fingerprint density at radius 3 is 2.58 bits per heavy atom. The molecule has 0 aliphatic carbocycles. The maximum atomic E-state index is 12.6. The molecule has 1 aliphatic rings. The van der Waals surface area contributed by atoms with Crippen LogP contribution in [0.5, 0.6) is 5.75 Å². The molecule has 0 radical (unpaired) electrons. The smallest absolute Gasteiger partial charge is 0.268 e.